The number of hydrazine groups is 1. The third-order valence-corrected chi connectivity index (χ3v) is 3.51. The number of fused-ring (bicyclic) bond motifs is 1. The molecule has 0 aliphatic heterocycles. The van der Waals surface area contributed by atoms with Gasteiger partial charge in [0, 0.05) is 17.2 Å². The van der Waals surface area contributed by atoms with Gasteiger partial charge in [0.25, 0.3) is 5.91 Å². The Labute approximate surface area is 97.7 Å². The maximum atomic E-state index is 11.4. The first-order valence-corrected chi connectivity index (χ1v) is 6.65. The van der Waals surface area contributed by atoms with E-state index in [1.165, 1.54) is 12.1 Å². The zero-order valence-electron chi connectivity index (χ0n) is 9.02. The third kappa shape index (κ3) is 2.15. The van der Waals surface area contributed by atoms with Crippen LogP contribution in [0.15, 0.2) is 29.2 Å². The molecule has 1 aromatic heterocycles. The largest absolute Gasteiger partial charge is 0.350 e. The fourth-order valence-electron chi connectivity index (χ4n) is 1.54. The van der Waals surface area contributed by atoms with Crippen LogP contribution < -0.4 is 11.3 Å². The van der Waals surface area contributed by atoms with Gasteiger partial charge in [-0.25, -0.2) is 14.3 Å². The second-order valence-corrected chi connectivity index (χ2v) is 5.69. The summed E-state index contributed by atoms with van der Waals surface area (Å²) >= 11 is 0. The molecule has 0 aliphatic carbocycles. The molecule has 1 heterocycles. The predicted octanol–water partition coefficient (Wildman–Crippen LogP) is 0.175. The number of H-pyrrole nitrogens is 1. The molecule has 1 aromatic carbocycles. The molecular weight excluding hydrogens is 242 g/mol. The van der Waals surface area contributed by atoms with Gasteiger partial charge in [-0.2, -0.15) is 0 Å². The molecule has 4 N–H and O–H groups in total. The van der Waals surface area contributed by atoms with Gasteiger partial charge < -0.3 is 4.98 Å². The summed E-state index contributed by atoms with van der Waals surface area (Å²) in [4.78, 5) is 14.3. The van der Waals surface area contributed by atoms with E-state index in [4.69, 9.17) is 5.84 Å². The number of hydrogen-bond donors (Lipinski definition) is 3. The van der Waals surface area contributed by atoms with Gasteiger partial charge in [0.15, 0.2) is 9.84 Å². The SMILES string of the molecule is CS(=O)(=O)c1ccc2[nH]c(C(=O)NN)cc2c1. The molecule has 2 aromatic rings. The van der Waals surface area contributed by atoms with Crippen molar-refractivity contribution in [1.82, 2.24) is 10.4 Å². The van der Waals surface area contributed by atoms with E-state index in [9.17, 15) is 13.2 Å². The molecule has 0 radical (unpaired) electrons. The average molecular weight is 253 g/mol. The molecule has 2 rings (SSSR count). The van der Waals surface area contributed by atoms with Crippen molar-refractivity contribution in [2.24, 2.45) is 5.84 Å². The van der Waals surface area contributed by atoms with Crippen molar-refractivity contribution in [3.63, 3.8) is 0 Å². The molecule has 17 heavy (non-hydrogen) atoms. The summed E-state index contributed by atoms with van der Waals surface area (Å²) in [6, 6.07) is 6.15. The summed E-state index contributed by atoms with van der Waals surface area (Å²) in [7, 11) is -3.25. The van der Waals surface area contributed by atoms with Crippen LogP contribution in [0.3, 0.4) is 0 Å². The third-order valence-electron chi connectivity index (χ3n) is 2.40. The predicted molar refractivity (Wildman–Crippen MR) is 63.1 cm³/mol. The van der Waals surface area contributed by atoms with Gasteiger partial charge in [-0.3, -0.25) is 10.2 Å². The standard InChI is InChI=1S/C10H11N3O3S/c1-17(15,16)7-2-3-8-6(4-7)5-9(12-8)10(14)13-11/h2-5,12H,11H2,1H3,(H,13,14). The van der Waals surface area contributed by atoms with Gasteiger partial charge in [-0.15, -0.1) is 0 Å². The van der Waals surface area contributed by atoms with Gasteiger partial charge in [-0.1, -0.05) is 0 Å². The van der Waals surface area contributed by atoms with Crippen LogP contribution in [0.2, 0.25) is 0 Å². The Balaban J connectivity index is 2.60. The lowest BCUT2D eigenvalue weighted by Gasteiger charge is -1.97. The molecule has 0 atom stereocenters. The average Bonchev–Trinajstić information content (AvgIpc) is 2.69. The van der Waals surface area contributed by atoms with E-state index in [1.807, 2.05) is 5.43 Å². The van der Waals surface area contributed by atoms with Crippen LogP contribution >= 0.6 is 0 Å². The minimum Gasteiger partial charge on any atom is -0.350 e. The molecule has 6 nitrogen and oxygen atoms in total. The Morgan fingerprint density at radius 1 is 1.35 bits per heavy atom. The molecule has 1 amide bonds. The van der Waals surface area contributed by atoms with Crippen LogP contribution in [0, 0.1) is 0 Å². The molecular formula is C10H11N3O3S. The summed E-state index contributed by atoms with van der Waals surface area (Å²) < 4.78 is 22.7. The highest BCUT2D eigenvalue weighted by Crippen LogP contribution is 2.19. The summed E-state index contributed by atoms with van der Waals surface area (Å²) in [5.41, 5.74) is 2.96. The lowest BCUT2D eigenvalue weighted by atomic mass is 10.2. The number of amides is 1. The quantitative estimate of drug-likeness (QED) is 0.403. The fourth-order valence-corrected chi connectivity index (χ4v) is 2.20. The maximum absolute atomic E-state index is 11.4. The number of carbonyl (C=O) groups is 1. The second kappa shape index (κ2) is 3.86. The Morgan fingerprint density at radius 3 is 2.65 bits per heavy atom. The van der Waals surface area contributed by atoms with Gasteiger partial charge in [0.2, 0.25) is 0 Å². The molecule has 0 unspecified atom stereocenters. The first-order chi connectivity index (χ1) is 7.91. The van der Waals surface area contributed by atoms with E-state index in [0.29, 0.717) is 10.9 Å². The number of nitrogen functional groups attached to an aromatic ring is 1. The second-order valence-electron chi connectivity index (χ2n) is 3.68. The van der Waals surface area contributed by atoms with E-state index in [2.05, 4.69) is 4.98 Å². The number of hydrogen-bond acceptors (Lipinski definition) is 4. The van der Waals surface area contributed by atoms with Crippen LogP contribution in [0.4, 0.5) is 0 Å². The van der Waals surface area contributed by atoms with Gasteiger partial charge in [-0.05, 0) is 24.3 Å². The summed E-state index contributed by atoms with van der Waals surface area (Å²) in [5.74, 6) is 4.55. The van der Waals surface area contributed by atoms with Crippen LogP contribution in [0.5, 0.6) is 0 Å². The highest BCUT2D eigenvalue weighted by Gasteiger charge is 2.11. The van der Waals surface area contributed by atoms with Crippen molar-refractivity contribution >= 4 is 26.6 Å². The zero-order valence-corrected chi connectivity index (χ0v) is 9.84. The Bertz CT molecular complexity index is 688. The maximum Gasteiger partial charge on any atom is 0.281 e. The van der Waals surface area contributed by atoms with Crippen molar-refractivity contribution < 1.29 is 13.2 Å². The van der Waals surface area contributed by atoms with E-state index >= 15 is 0 Å². The number of carbonyl (C=O) groups excluding carboxylic acids is 1. The summed E-state index contributed by atoms with van der Waals surface area (Å²) in [5, 5.41) is 0.645. The van der Waals surface area contributed by atoms with Gasteiger partial charge in [0.05, 0.1) is 4.90 Å². The molecule has 0 saturated heterocycles. The molecule has 0 spiro atoms. The Morgan fingerprint density at radius 2 is 2.06 bits per heavy atom. The Kier molecular flexibility index (Phi) is 2.64. The first kappa shape index (κ1) is 11.6. The Hall–Kier alpha value is -1.86. The number of aromatic amines is 1. The minimum absolute atomic E-state index is 0.212. The topological polar surface area (TPSA) is 105 Å². The summed E-state index contributed by atoms with van der Waals surface area (Å²) in [6.45, 7) is 0. The van der Waals surface area contributed by atoms with Gasteiger partial charge >= 0.3 is 0 Å². The number of nitrogens with two attached hydrogens (primary N) is 1. The first-order valence-electron chi connectivity index (χ1n) is 4.75. The van der Waals surface area contributed by atoms with Crippen molar-refractivity contribution in [2.75, 3.05) is 6.26 Å². The van der Waals surface area contributed by atoms with Crippen molar-refractivity contribution in [2.45, 2.75) is 4.90 Å². The fraction of sp³-hybridized carbons (Fsp3) is 0.100. The number of aromatic nitrogens is 1. The van der Waals surface area contributed by atoms with E-state index in [1.54, 1.807) is 12.1 Å². The number of benzene rings is 1. The molecule has 7 heteroatoms. The molecule has 90 valence electrons. The number of nitrogens with one attached hydrogen (secondary N) is 2. The van der Waals surface area contributed by atoms with Gasteiger partial charge in [0.1, 0.15) is 5.69 Å². The van der Waals surface area contributed by atoms with Crippen LogP contribution in [0.1, 0.15) is 10.5 Å². The highest BCUT2D eigenvalue weighted by molar-refractivity contribution is 7.90. The normalized spacial score (nSPS) is 11.6. The molecule has 0 bridgehead atoms. The lowest BCUT2D eigenvalue weighted by Crippen LogP contribution is -2.30. The molecule has 0 saturated carbocycles. The van der Waals surface area contributed by atoms with E-state index < -0.39 is 15.7 Å². The summed E-state index contributed by atoms with van der Waals surface area (Å²) in [6.07, 6.45) is 1.13. The van der Waals surface area contributed by atoms with Crippen LogP contribution in [-0.4, -0.2) is 25.6 Å². The van der Waals surface area contributed by atoms with Crippen molar-refractivity contribution in [3.05, 3.63) is 30.0 Å². The van der Waals surface area contributed by atoms with Crippen molar-refractivity contribution in [3.8, 4) is 0 Å². The molecule has 0 fully saturated rings. The molecule has 0 aliphatic rings. The van der Waals surface area contributed by atoms with E-state index in [-0.39, 0.29) is 10.6 Å². The lowest BCUT2D eigenvalue weighted by molar-refractivity contribution is 0.0949. The van der Waals surface area contributed by atoms with Crippen LogP contribution in [0.25, 0.3) is 10.9 Å². The minimum atomic E-state index is -3.25. The number of rotatable bonds is 2. The number of sulfone groups is 1. The van der Waals surface area contributed by atoms with Crippen molar-refractivity contribution in [1.29, 1.82) is 0 Å². The monoisotopic (exact) mass is 253 g/mol. The van der Waals surface area contributed by atoms with Crippen LogP contribution in [-0.2, 0) is 9.84 Å². The van der Waals surface area contributed by atoms with E-state index in [0.717, 1.165) is 6.26 Å². The zero-order chi connectivity index (χ0) is 12.6. The smallest absolute Gasteiger partial charge is 0.281 e. The highest BCUT2D eigenvalue weighted by atomic mass is 32.2.